The van der Waals surface area contributed by atoms with Gasteiger partial charge in [0.2, 0.25) is 0 Å². The van der Waals surface area contributed by atoms with Gasteiger partial charge in [0.05, 0.1) is 27.7 Å². The van der Waals surface area contributed by atoms with Gasteiger partial charge in [-0.2, -0.15) is 0 Å². The van der Waals surface area contributed by atoms with Gasteiger partial charge in [-0.3, -0.25) is 9.79 Å². The van der Waals surface area contributed by atoms with E-state index in [1.54, 1.807) is 11.3 Å². The molecule has 1 saturated heterocycles. The third-order valence-corrected chi connectivity index (χ3v) is 5.91. The molecule has 1 fully saturated rings. The van der Waals surface area contributed by atoms with E-state index in [0.29, 0.717) is 6.61 Å². The fraction of sp³-hybridized carbons (Fsp3) is 0.550. The Morgan fingerprint density at radius 3 is 2.85 bits per heavy atom. The Morgan fingerprint density at radius 1 is 1.37 bits per heavy atom. The van der Waals surface area contributed by atoms with Crippen molar-refractivity contribution in [3.63, 3.8) is 0 Å². The van der Waals surface area contributed by atoms with Gasteiger partial charge in [0.1, 0.15) is 0 Å². The molecule has 1 aliphatic rings. The number of likely N-dealkylation sites (tertiary alicyclic amines) is 1. The van der Waals surface area contributed by atoms with Crippen LogP contribution in [0.15, 0.2) is 29.3 Å². The lowest BCUT2D eigenvalue weighted by atomic mass is 9.97. The van der Waals surface area contributed by atoms with Crippen molar-refractivity contribution in [3.05, 3.63) is 29.3 Å². The molecule has 0 aliphatic carbocycles. The number of ether oxygens (including phenoxy) is 1. The second kappa shape index (κ2) is 9.69. The summed E-state index contributed by atoms with van der Waals surface area (Å²) in [5, 5.41) is 4.63. The summed E-state index contributed by atoms with van der Waals surface area (Å²) in [6.07, 6.45) is 3.63. The van der Waals surface area contributed by atoms with Gasteiger partial charge in [0.15, 0.2) is 5.96 Å². The van der Waals surface area contributed by atoms with Crippen molar-refractivity contribution in [3.8, 4) is 0 Å². The van der Waals surface area contributed by atoms with Crippen LogP contribution in [0.1, 0.15) is 31.2 Å². The number of piperidine rings is 1. The Kier molecular flexibility index (Phi) is 7.04. The van der Waals surface area contributed by atoms with Crippen LogP contribution in [0.3, 0.4) is 0 Å². The molecule has 1 N–H and O–H groups in total. The van der Waals surface area contributed by atoms with Crippen LogP contribution < -0.4 is 5.32 Å². The lowest BCUT2D eigenvalue weighted by Crippen LogP contribution is -2.47. The molecule has 1 aliphatic heterocycles. The molecule has 2 aromatic rings. The van der Waals surface area contributed by atoms with E-state index in [1.807, 2.05) is 20.0 Å². The maximum Gasteiger partial charge on any atom is 0.309 e. The number of carbonyl (C=O) groups is 1. The molecular weight excluding hydrogens is 360 g/mol. The largest absolute Gasteiger partial charge is 0.466 e. The van der Waals surface area contributed by atoms with E-state index in [-0.39, 0.29) is 11.9 Å². The zero-order valence-electron chi connectivity index (χ0n) is 16.1. The summed E-state index contributed by atoms with van der Waals surface area (Å²) in [5.41, 5.74) is 1.09. The fourth-order valence-electron chi connectivity index (χ4n) is 3.39. The van der Waals surface area contributed by atoms with Crippen LogP contribution in [-0.4, -0.2) is 55.1 Å². The highest BCUT2D eigenvalue weighted by Crippen LogP contribution is 2.22. The average molecular weight is 389 g/mol. The molecule has 0 radical (unpaired) electrons. The Labute approximate surface area is 164 Å². The van der Waals surface area contributed by atoms with Crippen molar-refractivity contribution in [2.75, 3.05) is 33.3 Å². The number of aliphatic imine (C=N–C) groups is 1. The molecule has 6 nitrogen and oxygen atoms in total. The van der Waals surface area contributed by atoms with Gasteiger partial charge in [-0.05, 0) is 38.3 Å². The van der Waals surface area contributed by atoms with Gasteiger partial charge >= 0.3 is 5.97 Å². The number of hydrogen-bond donors (Lipinski definition) is 1. The number of nitrogens with zero attached hydrogens (tertiary/aromatic N) is 3. The molecule has 1 aromatic heterocycles. The first kappa shape index (κ1) is 19.6. The summed E-state index contributed by atoms with van der Waals surface area (Å²) in [4.78, 5) is 23.2. The third kappa shape index (κ3) is 5.19. The molecule has 0 spiro atoms. The quantitative estimate of drug-likeness (QED) is 0.356. The van der Waals surface area contributed by atoms with Crippen molar-refractivity contribution in [2.24, 2.45) is 10.9 Å². The molecule has 0 atom stereocenters. The molecule has 0 amide bonds. The number of aromatic nitrogens is 1. The summed E-state index contributed by atoms with van der Waals surface area (Å²) < 4.78 is 6.39. The fourth-order valence-corrected chi connectivity index (χ4v) is 4.40. The SMILES string of the molecule is CCOC(=O)C1CCN(C(=NC)NCCCc2nc3ccccc3s2)CC1. The highest BCUT2D eigenvalue weighted by Gasteiger charge is 2.27. The second-order valence-electron chi connectivity index (χ2n) is 6.67. The van der Waals surface area contributed by atoms with Crippen LogP contribution in [-0.2, 0) is 16.0 Å². The van der Waals surface area contributed by atoms with Crippen LogP contribution in [0.5, 0.6) is 0 Å². The number of para-hydroxylation sites is 1. The van der Waals surface area contributed by atoms with Crippen molar-refractivity contribution in [1.29, 1.82) is 0 Å². The first-order valence-electron chi connectivity index (χ1n) is 9.68. The maximum atomic E-state index is 11.9. The van der Waals surface area contributed by atoms with E-state index >= 15 is 0 Å². The van der Waals surface area contributed by atoms with E-state index in [1.165, 1.54) is 9.71 Å². The van der Waals surface area contributed by atoms with Gasteiger partial charge in [0, 0.05) is 33.1 Å². The number of nitrogens with one attached hydrogen (secondary N) is 1. The number of thiazole rings is 1. The number of fused-ring (bicyclic) bond motifs is 1. The van der Waals surface area contributed by atoms with E-state index < -0.39 is 0 Å². The van der Waals surface area contributed by atoms with Gasteiger partial charge < -0.3 is 15.0 Å². The number of benzene rings is 1. The first-order valence-corrected chi connectivity index (χ1v) is 10.5. The summed E-state index contributed by atoms with van der Waals surface area (Å²) >= 11 is 1.77. The lowest BCUT2D eigenvalue weighted by molar-refractivity contribution is -0.149. The second-order valence-corrected chi connectivity index (χ2v) is 7.78. The normalized spacial score (nSPS) is 15.9. The minimum absolute atomic E-state index is 0.0262. The van der Waals surface area contributed by atoms with Crippen molar-refractivity contribution in [2.45, 2.75) is 32.6 Å². The lowest BCUT2D eigenvalue weighted by Gasteiger charge is -2.33. The molecule has 1 aromatic carbocycles. The predicted octanol–water partition coefficient (Wildman–Crippen LogP) is 3.08. The van der Waals surface area contributed by atoms with E-state index in [4.69, 9.17) is 4.74 Å². The minimum atomic E-state index is -0.0593. The molecule has 146 valence electrons. The van der Waals surface area contributed by atoms with Crippen molar-refractivity contribution in [1.82, 2.24) is 15.2 Å². The van der Waals surface area contributed by atoms with Crippen LogP contribution in [0, 0.1) is 5.92 Å². The first-order chi connectivity index (χ1) is 13.2. The summed E-state index contributed by atoms with van der Waals surface area (Å²) in [6, 6.07) is 8.27. The molecule has 7 heteroatoms. The number of carbonyl (C=O) groups excluding carboxylic acids is 1. The molecule has 0 saturated carbocycles. The Morgan fingerprint density at radius 2 is 2.15 bits per heavy atom. The van der Waals surface area contributed by atoms with Gasteiger partial charge in [-0.15, -0.1) is 11.3 Å². The molecular formula is C20H28N4O2S. The van der Waals surface area contributed by atoms with Gasteiger partial charge in [-0.1, -0.05) is 12.1 Å². The topological polar surface area (TPSA) is 66.8 Å². The van der Waals surface area contributed by atoms with Crippen LogP contribution in [0.4, 0.5) is 0 Å². The number of aryl methyl sites for hydroxylation is 1. The van der Waals surface area contributed by atoms with Crippen molar-refractivity contribution < 1.29 is 9.53 Å². The smallest absolute Gasteiger partial charge is 0.309 e. The van der Waals surface area contributed by atoms with Gasteiger partial charge in [-0.25, -0.2) is 4.98 Å². The van der Waals surface area contributed by atoms with Crippen LogP contribution in [0.25, 0.3) is 10.2 Å². The summed E-state index contributed by atoms with van der Waals surface area (Å²) in [7, 11) is 1.81. The van der Waals surface area contributed by atoms with E-state index in [9.17, 15) is 4.79 Å². The highest BCUT2D eigenvalue weighted by molar-refractivity contribution is 7.18. The third-order valence-electron chi connectivity index (χ3n) is 4.81. The standard InChI is InChI=1S/C20H28N4O2S/c1-3-26-19(25)15-10-13-24(14-11-15)20(21-2)22-12-6-9-18-23-16-7-4-5-8-17(16)27-18/h4-5,7-8,15H,3,6,9-14H2,1-2H3,(H,21,22). The van der Waals surface area contributed by atoms with E-state index in [0.717, 1.165) is 56.8 Å². The monoisotopic (exact) mass is 388 g/mol. The van der Waals surface area contributed by atoms with Crippen molar-refractivity contribution >= 4 is 33.5 Å². The molecule has 0 bridgehead atoms. The molecule has 2 heterocycles. The Hall–Kier alpha value is -2.15. The number of hydrogen-bond acceptors (Lipinski definition) is 5. The van der Waals surface area contributed by atoms with E-state index in [2.05, 4.69) is 38.4 Å². The summed E-state index contributed by atoms with van der Waals surface area (Å²) in [5.74, 6) is 0.885. The predicted molar refractivity (Wildman–Crippen MR) is 110 cm³/mol. The number of rotatable bonds is 6. The molecule has 3 rings (SSSR count). The zero-order valence-corrected chi connectivity index (χ0v) is 16.9. The Balaban J connectivity index is 1.41. The molecule has 0 unspecified atom stereocenters. The average Bonchev–Trinajstić information content (AvgIpc) is 3.11. The number of guanidine groups is 1. The highest BCUT2D eigenvalue weighted by atomic mass is 32.1. The summed E-state index contributed by atoms with van der Waals surface area (Å²) in [6.45, 7) is 4.84. The zero-order chi connectivity index (χ0) is 19.1. The van der Waals surface area contributed by atoms with Crippen LogP contribution in [0.2, 0.25) is 0 Å². The maximum absolute atomic E-state index is 11.9. The number of esters is 1. The molecule has 27 heavy (non-hydrogen) atoms. The van der Waals surface area contributed by atoms with Crippen LogP contribution >= 0.6 is 11.3 Å². The Bertz CT molecular complexity index is 748. The minimum Gasteiger partial charge on any atom is -0.466 e. The van der Waals surface area contributed by atoms with Gasteiger partial charge in [0.25, 0.3) is 0 Å².